The third kappa shape index (κ3) is 7.95. The summed E-state index contributed by atoms with van der Waals surface area (Å²) in [6, 6.07) is 8.29. The van der Waals surface area contributed by atoms with Crippen LogP contribution in [-0.4, -0.2) is 50.1 Å². The molecule has 0 aliphatic rings. The van der Waals surface area contributed by atoms with Crippen molar-refractivity contribution >= 4 is 24.8 Å². The molecule has 0 amide bonds. The fraction of sp³-hybridized carbons (Fsp3) is 0.600. The van der Waals surface area contributed by atoms with Crippen molar-refractivity contribution in [1.82, 2.24) is 9.80 Å². The lowest BCUT2D eigenvalue weighted by atomic mass is 10.2. The third-order valence-electron chi connectivity index (χ3n) is 3.02. The molecule has 0 bridgehead atoms. The maximum Gasteiger partial charge on any atom is 0.123 e. The zero-order valence-corrected chi connectivity index (χ0v) is 14.6. The minimum Gasteiger partial charge on any atom is -0.492 e. The molecule has 1 aromatic carbocycles. The average Bonchev–Trinajstić information content (AvgIpc) is 2.36. The Hall–Kier alpha value is -0.480. The third-order valence-corrected chi connectivity index (χ3v) is 3.02. The molecule has 5 heteroatoms. The monoisotopic (exact) mass is 322 g/mol. The highest BCUT2D eigenvalue weighted by molar-refractivity contribution is 5.85. The van der Waals surface area contributed by atoms with Gasteiger partial charge in [0.2, 0.25) is 0 Å². The zero-order chi connectivity index (χ0) is 13.4. The van der Waals surface area contributed by atoms with E-state index in [2.05, 4.69) is 55.9 Å². The Morgan fingerprint density at radius 1 is 1.00 bits per heavy atom. The summed E-state index contributed by atoms with van der Waals surface area (Å²) in [6.07, 6.45) is 0. The highest BCUT2D eigenvalue weighted by Crippen LogP contribution is 2.18. The Bertz CT molecular complexity index is 344. The molecule has 0 atom stereocenters. The topological polar surface area (TPSA) is 15.7 Å². The molecule has 0 radical (unpaired) electrons. The van der Waals surface area contributed by atoms with Gasteiger partial charge in [-0.3, -0.25) is 0 Å². The molecule has 0 heterocycles. The number of benzene rings is 1. The van der Waals surface area contributed by atoms with Gasteiger partial charge < -0.3 is 14.5 Å². The summed E-state index contributed by atoms with van der Waals surface area (Å²) in [6.45, 7) is 9.20. The molecular formula is C15H28Cl2N2O. The van der Waals surface area contributed by atoms with Crippen molar-refractivity contribution in [3.63, 3.8) is 0 Å². The lowest BCUT2D eigenvalue weighted by molar-refractivity contribution is 0.220. The fourth-order valence-electron chi connectivity index (χ4n) is 1.94. The molecule has 0 aromatic heterocycles. The predicted molar refractivity (Wildman–Crippen MR) is 91.6 cm³/mol. The zero-order valence-electron chi connectivity index (χ0n) is 13.0. The van der Waals surface area contributed by atoms with Gasteiger partial charge in [0.1, 0.15) is 12.4 Å². The van der Waals surface area contributed by atoms with E-state index < -0.39 is 0 Å². The second kappa shape index (κ2) is 12.3. The SMILES string of the molecule is CCN(CC)CCOc1ccccc1CN(C)C.Cl.Cl. The van der Waals surface area contributed by atoms with E-state index in [1.807, 2.05) is 6.07 Å². The predicted octanol–water partition coefficient (Wildman–Crippen LogP) is 3.31. The Balaban J connectivity index is 0. The van der Waals surface area contributed by atoms with Crippen molar-refractivity contribution in [2.24, 2.45) is 0 Å². The van der Waals surface area contributed by atoms with E-state index in [0.717, 1.165) is 38.5 Å². The normalized spacial score (nSPS) is 10.1. The van der Waals surface area contributed by atoms with Gasteiger partial charge >= 0.3 is 0 Å². The number of hydrogen-bond acceptors (Lipinski definition) is 3. The van der Waals surface area contributed by atoms with E-state index in [1.165, 1.54) is 5.56 Å². The number of ether oxygens (including phenoxy) is 1. The summed E-state index contributed by atoms with van der Waals surface area (Å²) in [5.74, 6) is 1.01. The van der Waals surface area contributed by atoms with Crippen LogP contribution in [0.1, 0.15) is 19.4 Å². The van der Waals surface area contributed by atoms with E-state index in [-0.39, 0.29) is 24.8 Å². The lowest BCUT2D eigenvalue weighted by Gasteiger charge is -2.19. The molecule has 118 valence electrons. The van der Waals surface area contributed by atoms with Crippen molar-refractivity contribution in [2.75, 3.05) is 40.3 Å². The van der Waals surface area contributed by atoms with Crippen LogP contribution in [0.3, 0.4) is 0 Å². The van der Waals surface area contributed by atoms with Gasteiger partial charge in [-0.05, 0) is 33.3 Å². The molecule has 0 aliphatic heterocycles. The van der Waals surface area contributed by atoms with Gasteiger partial charge in [-0.1, -0.05) is 32.0 Å². The number of halogens is 2. The van der Waals surface area contributed by atoms with Crippen LogP contribution in [0, 0.1) is 0 Å². The number of nitrogens with zero attached hydrogens (tertiary/aromatic N) is 2. The minimum absolute atomic E-state index is 0. The summed E-state index contributed by atoms with van der Waals surface area (Å²) in [5, 5.41) is 0. The summed E-state index contributed by atoms with van der Waals surface area (Å²) < 4.78 is 5.90. The second-order valence-corrected chi connectivity index (χ2v) is 4.72. The van der Waals surface area contributed by atoms with Crippen LogP contribution in [-0.2, 0) is 6.54 Å². The molecule has 20 heavy (non-hydrogen) atoms. The quantitative estimate of drug-likeness (QED) is 0.730. The lowest BCUT2D eigenvalue weighted by Crippen LogP contribution is -2.28. The largest absolute Gasteiger partial charge is 0.492 e. The van der Waals surface area contributed by atoms with Crippen LogP contribution in [0.15, 0.2) is 24.3 Å². The number of likely N-dealkylation sites (N-methyl/N-ethyl adjacent to an activating group) is 1. The molecule has 3 nitrogen and oxygen atoms in total. The van der Waals surface area contributed by atoms with Crippen molar-refractivity contribution in [3.8, 4) is 5.75 Å². The molecular weight excluding hydrogens is 295 g/mol. The first-order valence-corrected chi connectivity index (χ1v) is 6.75. The number of para-hydroxylation sites is 1. The van der Waals surface area contributed by atoms with Gasteiger partial charge in [0.05, 0.1) is 0 Å². The summed E-state index contributed by atoms with van der Waals surface area (Å²) in [4.78, 5) is 4.53. The first kappa shape index (κ1) is 21.8. The highest BCUT2D eigenvalue weighted by atomic mass is 35.5. The van der Waals surface area contributed by atoms with Gasteiger partial charge in [0.15, 0.2) is 0 Å². The number of rotatable bonds is 8. The molecule has 0 saturated heterocycles. The van der Waals surface area contributed by atoms with Crippen LogP contribution < -0.4 is 4.74 Å². The smallest absolute Gasteiger partial charge is 0.123 e. The highest BCUT2D eigenvalue weighted by Gasteiger charge is 2.05. The van der Waals surface area contributed by atoms with E-state index in [1.54, 1.807) is 0 Å². The molecule has 0 aliphatic carbocycles. The van der Waals surface area contributed by atoms with Crippen molar-refractivity contribution in [3.05, 3.63) is 29.8 Å². The van der Waals surface area contributed by atoms with Crippen LogP contribution in [0.5, 0.6) is 5.75 Å². The first-order valence-electron chi connectivity index (χ1n) is 6.75. The van der Waals surface area contributed by atoms with Gasteiger partial charge in [-0.25, -0.2) is 0 Å². The summed E-state index contributed by atoms with van der Waals surface area (Å²) in [7, 11) is 4.15. The molecule has 0 saturated carbocycles. The molecule has 0 N–H and O–H groups in total. The minimum atomic E-state index is 0. The van der Waals surface area contributed by atoms with Gasteiger partial charge in [0, 0.05) is 18.7 Å². The van der Waals surface area contributed by atoms with Crippen molar-refractivity contribution < 1.29 is 4.74 Å². The average molecular weight is 323 g/mol. The van der Waals surface area contributed by atoms with Crippen molar-refractivity contribution in [1.29, 1.82) is 0 Å². The molecule has 0 fully saturated rings. The van der Waals surface area contributed by atoms with Gasteiger partial charge in [0.25, 0.3) is 0 Å². The summed E-state index contributed by atoms with van der Waals surface area (Å²) in [5.41, 5.74) is 1.25. The van der Waals surface area contributed by atoms with Crippen LogP contribution in [0.4, 0.5) is 0 Å². The molecule has 0 unspecified atom stereocenters. The molecule has 1 aromatic rings. The van der Waals surface area contributed by atoms with Crippen molar-refractivity contribution in [2.45, 2.75) is 20.4 Å². The molecule has 1 rings (SSSR count). The Morgan fingerprint density at radius 2 is 1.60 bits per heavy atom. The standard InChI is InChI=1S/C15H26N2O.2ClH/c1-5-17(6-2)11-12-18-15-10-8-7-9-14(15)13-16(3)4;;/h7-10H,5-6,11-13H2,1-4H3;2*1H. The Kier molecular flexibility index (Phi) is 13.4. The second-order valence-electron chi connectivity index (χ2n) is 4.72. The van der Waals surface area contributed by atoms with Gasteiger partial charge in [-0.15, -0.1) is 24.8 Å². The van der Waals surface area contributed by atoms with Crippen LogP contribution in [0.25, 0.3) is 0 Å². The van der Waals surface area contributed by atoms with E-state index in [9.17, 15) is 0 Å². The van der Waals surface area contributed by atoms with E-state index in [4.69, 9.17) is 4.74 Å². The Morgan fingerprint density at radius 3 is 2.15 bits per heavy atom. The van der Waals surface area contributed by atoms with E-state index in [0.29, 0.717) is 0 Å². The Labute approximate surface area is 136 Å². The maximum absolute atomic E-state index is 5.90. The molecule has 0 spiro atoms. The van der Waals surface area contributed by atoms with E-state index >= 15 is 0 Å². The van der Waals surface area contributed by atoms with Crippen LogP contribution >= 0.6 is 24.8 Å². The fourth-order valence-corrected chi connectivity index (χ4v) is 1.94. The van der Waals surface area contributed by atoms with Gasteiger partial charge in [-0.2, -0.15) is 0 Å². The first-order chi connectivity index (χ1) is 8.67. The maximum atomic E-state index is 5.90. The number of hydrogen-bond donors (Lipinski definition) is 0. The van der Waals surface area contributed by atoms with Crippen LogP contribution in [0.2, 0.25) is 0 Å². The summed E-state index contributed by atoms with van der Waals surface area (Å²) >= 11 is 0.